The topological polar surface area (TPSA) is 36.7 Å². The van der Waals surface area contributed by atoms with Crippen LogP contribution in [0.15, 0.2) is 30.5 Å². The maximum Gasteiger partial charge on any atom is 0.138 e. The van der Waals surface area contributed by atoms with E-state index in [0.717, 1.165) is 0 Å². The van der Waals surface area contributed by atoms with Crippen LogP contribution in [0.3, 0.4) is 0 Å². The van der Waals surface area contributed by atoms with E-state index in [1.165, 1.54) is 18.3 Å². The minimum Gasteiger partial charge on any atom is -0.255 e. The van der Waals surface area contributed by atoms with Gasteiger partial charge < -0.3 is 0 Å². The van der Waals surface area contributed by atoms with E-state index < -0.39 is 23.0 Å². The van der Waals surface area contributed by atoms with E-state index in [9.17, 15) is 13.2 Å². The maximum absolute atomic E-state index is 13.5. The Hall–Kier alpha value is -2.35. The highest BCUT2D eigenvalue weighted by molar-refractivity contribution is 5.67. The minimum absolute atomic E-state index is 0.0249. The number of nitriles is 1. The Bertz CT molecular complexity index is 594. The van der Waals surface area contributed by atoms with Crippen LogP contribution >= 0.6 is 0 Å². The Morgan fingerprint density at radius 1 is 1.12 bits per heavy atom. The first-order chi connectivity index (χ1) is 8.13. The Kier molecular flexibility index (Phi) is 2.79. The number of hydrogen-bond donors (Lipinski definition) is 0. The van der Waals surface area contributed by atoms with E-state index >= 15 is 0 Å². The molecule has 5 heteroatoms. The van der Waals surface area contributed by atoms with Crippen molar-refractivity contribution in [3.8, 4) is 17.3 Å². The van der Waals surface area contributed by atoms with Gasteiger partial charge in [-0.3, -0.25) is 4.98 Å². The van der Waals surface area contributed by atoms with Crippen molar-refractivity contribution in [2.75, 3.05) is 0 Å². The standard InChI is InChI=1S/C12H5F3N2/c13-8-4-9(14)11(10(15)5-8)12-7(6-16)2-1-3-17-12/h1-5H. The van der Waals surface area contributed by atoms with E-state index in [1.54, 1.807) is 6.07 Å². The van der Waals surface area contributed by atoms with Crippen molar-refractivity contribution in [2.24, 2.45) is 0 Å². The summed E-state index contributed by atoms with van der Waals surface area (Å²) < 4.78 is 39.7. The van der Waals surface area contributed by atoms with Gasteiger partial charge in [-0.1, -0.05) is 0 Å². The second kappa shape index (κ2) is 4.26. The molecule has 0 aliphatic carbocycles. The number of aromatic nitrogens is 1. The lowest BCUT2D eigenvalue weighted by atomic mass is 10.1. The largest absolute Gasteiger partial charge is 0.255 e. The van der Waals surface area contributed by atoms with Gasteiger partial charge in [0.05, 0.1) is 16.8 Å². The number of hydrogen-bond acceptors (Lipinski definition) is 2. The summed E-state index contributed by atoms with van der Waals surface area (Å²) in [6.45, 7) is 0. The first-order valence-corrected chi connectivity index (χ1v) is 4.63. The molecule has 0 aliphatic rings. The molecule has 84 valence electrons. The van der Waals surface area contributed by atoms with Crippen molar-refractivity contribution in [3.05, 3.63) is 53.5 Å². The number of halogens is 3. The SMILES string of the molecule is N#Cc1cccnc1-c1c(F)cc(F)cc1F. The van der Waals surface area contributed by atoms with Crippen LogP contribution in [-0.2, 0) is 0 Å². The zero-order valence-electron chi connectivity index (χ0n) is 8.42. The lowest BCUT2D eigenvalue weighted by Gasteiger charge is -2.05. The van der Waals surface area contributed by atoms with Gasteiger partial charge in [0.2, 0.25) is 0 Å². The van der Waals surface area contributed by atoms with Gasteiger partial charge in [0, 0.05) is 18.3 Å². The fourth-order valence-corrected chi connectivity index (χ4v) is 1.46. The van der Waals surface area contributed by atoms with Gasteiger partial charge in [-0.05, 0) is 12.1 Å². The van der Waals surface area contributed by atoms with Crippen molar-refractivity contribution >= 4 is 0 Å². The third kappa shape index (κ3) is 1.97. The fraction of sp³-hybridized carbons (Fsp3) is 0. The van der Waals surface area contributed by atoms with E-state index in [4.69, 9.17) is 5.26 Å². The lowest BCUT2D eigenvalue weighted by Crippen LogP contribution is -1.96. The number of rotatable bonds is 1. The summed E-state index contributed by atoms with van der Waals surface area (Å²) in [7, 11) is 0. The number of pyridine rings is 1. The van der Waals surface area contributed by atoms with Gasteiger partial charge in [0.25, 0.3) is 0 Å². The Morgan fingerprint density at radius 3 is 2.35 bits per heavy atom. The molecule has 0 saturated heterocycles. The predicted octanol–water partition coefficient (Wildman–Crippen LogP) is 3.04. The van der Waals surface area contributed by atoms with Gasteiger partial charge in [0.1, 0.15) is 23.5 Å². The predicted molar refractivity (Wildman–Crippen MR) is 54.3 cm³/mol. The highest BCUT2D eigenvalue weighted by atomic mass is 19.1. The van der Waals surface area contributed by atoms with Crippen LogP contribution in [-0.4, -0.2) is 4.98 Å². The Morgan fingerprint density at radius 2 is 1.76 bits per heavy atom. The van der Waals surface area contributed by atoms with E-state index in [0.29, 0.717) is 12.1 Å². The summed E-state index contributed by atoms with van der Waals surface area (Å²) in [6.07, 6.45) is 1.30. The highest BCUT2D eigenvalue weighted by Gasteiger charge is 2.17. The maximum atomic E-state index is 13.5. The number of nitrogens with zero attached hydrogens (tertiary/aromatic N) is 2. The van der Waals surface area contributed by atoms with E-state index in [1.807, 2.05) is 0 Å². The highest BCUT2D eigenvalue weighted by Crippen LogP contribution is 2.27. The van der Waals surface area contributed by atoms with Crippen LogP contribution in [0, 0.1) is 28.8 Å². The summed E-state index contributed by atoms with van der Waals surface area (Å²) in [5.41, 5.74) is -0.606. The van der Waals surface area contributed by atoms with Gasteiger partial charge in [0.15, 0.2) is 0 Å². The number of benzene rings is 1. The Labute approximate surface area is 95.0 Å². The minimum atomic E-state index is -1.09. The van der Waals surface area contributed by atoms with Gasteiger partial charge in [-0.15, -0.1) is 0 Å². The second-order valence-electron chi connectivity index (χ2n) is 3.26. The molecule has 1 aromatic carbocycles. The van der Waals surface area contributed by atoms with E-state index in [2.05, 4.69) is 4.98 Å². The first kappa shape index (κ1) is 11.1. The molecule has 0 radical (unpaired) electrons. The van der Waals surface area contributed by atoms with Crippen LogP contribution in [0.1, 0.15) is 5.56 Å². The molecule has 0 N–H and O–H groups in total. The quantitative estimate of drug-likeness (QED) is 0.760. The lowest BCUT2D eigenvalue weighted by molar-refractivity contribution is 0.547. The third-order valence-electron chi connectivity index (χ3n) is 2.17. The summed E-state index contributed by atoms with van der Waals surface area (Å²) in [5, 5.41) is 8.81. The van der Waals surface area contributed by atoms with Crippen molar-refractivity contribution in [2.45, 2.75) is 0 Å². The molecule has 0 atom stereocenters. The van der Waals surface area contributed by atoms with Crippen LogP contribution < -0.4 is 0 Å². The zero-order chi connectivity index (χ0) is 12.4. The fourth-order valence-electron chi connectivity index (χ4n) is 1.46. The van der Waals surface area contributed by atoms with Gasteiger partial charge >= 0.3 is 0 Å². The average Bonchev–Trinajstić information content (AvgIpc) is 2.28. The van der Waals surface area contributed by atoms with Crippen LogP contribution in [0.5, 0.6) is 0 Å². The molecule has 0 spiro atoms. The molecule has 1 heterocycles. The van der Waals surface area contributed by atoms with Crippen LogP contribution in [0.25, 0.3) is 11.3 Å². The van der Waals surface area contributed by atoms with Crippen LogP contribution in [0.2, 0.25) is 0 Å². The molecular formula is C12H5F3N2. The van der Waals surface area contributed by atoms with E-state index in [-0.39, 0.29) is 11.3 Å². The molecule has 0 saturated carbocycles. The molecule has 0 unspecified atom stereocenters. The Balaban J connectivity index is 2.74. The van der Waals surface area contributed by atoms with Crippen molar-refractivity contribution < 1.29 is 13.2 Å². The first-order valence-electron chi connectivity index (χ1n) is 4.63. The molecule has 0 fully saturated rings. The summed E-state index contributed by atoms with van der Waals surface area (Å²) >= 11 is 0. The molecule has 1 aromatic heterocycles. The molecular weight excluding hydrogens is 229 g/mol. The molecule has 2 rings (SSSR count). The van der Waals surface area contributed by atoms with Crippen molar-refractivity contribution in [3.63, 3.8) is 0 Å². The average molecular weight is 234 g/mol. The molecule has 17 heavy (non-hydrogen) atoms. The molecule has 0 aliphatic heterocycles. The summed E-state index contributed by atoms with van der Waals surface area (Å²) in [5.74, 6) is -3.19. The molecule has 2 aromatic rings. The third-order valence-corrected chi connectivity index (χ3v) is 2.17. The zero-order valence-corrected chi connectivity index (χ0v) is 8.42. The summed E-state index contributed by atoms with van der Waals surface area (Å²) in [6, 6.07) is 5.73. The molecule has 0 amide bonds. The molecule has 0 bridgehead atoms. The molecule has 2 nitrogen and oxygen atoms in total. The van der Waals surface area contributed by atoms with Gasteiger partial charge in [-0.2, -0.15) is 5.26 Å². The second-order valence-corrected chi connectivity index (χ2v) is 3.26. The van der Waals surface area contributed by atoms with Crippen LogP contribution in [0.4, 0.5) is 13.2 Å². The van der Waals surface area contributed by atoms with Crippen molar-refractivity contribution in [1.29, 1.82) is 5.26 Å². The normalized spacial score (nSPS) is 10.0. The smallest absolute Gasteiger partial charge is 0.138 e. The monoisotopic (exact) mass is 234 g/mol. The van der Waals surface area contributed by atoms with Crippen molar-refractivity contribution in [1.82, 2.24) is 4.98 Å². The van der Waals surface area contributed by atoms with Gasteiger partial charge in [-0.25, -0.2) is 13.2 Å². The summed E-state index contributed by atoms with van der Waals surface area (Å²) in [4.78, 5) is 3.75.